The summed E-state index contributed by atoms with van der Waals surface area (Å²) in [6, 6.07) is 20.2. The Morgan fingerprint density at radius 2 is 1.62 bits per heavy atom. The van der Waals surface area contributed by atoms with Gasteiger partial charge in [0.05, 0.1) is 11.7 Å². The van der Waals surface area contributed by atoms with Crippen molar-refractivity contribution < 1.29 is 0 Å². The number of hydrogen-bond acceptors (Lipinski definition) is 4. The molecular weight excluding hydrogens is 360 g/mol. The van der Waals surface area contributed by atoms with Gasteiger partial charge in [-0.2, -0.15) is 0 Å². The third kappa shape index (κ3) is 3.60. The molecule has 142 valence electrons. The molecular formula is C23H20N6. The molecule has 0 saturated heterocycles. The van der Waals surface area contributed by atoms with E-state index in [9.17, 15) is 0 Å². The SMILES string of the molecule is c1ccc(-c2c[nH]c(C(Cc3c[nH]c4ccccc34)Nc3ncccn3)n2)cc1. The Labute approximate surface area is 168 Å². The first-order chi connectivity index (χ1) is 14.4. The first kappa shape index (κ1) is 17.2. The maximum Gasteiger partial charge on any atom is 0.223 e. The Kier molecular flexibility index (Phi) is 4.50. The molecule has 2 aromatic carbocycles. The van der Waals surface area contributed by atoms with Crippen LogP contribution in [0.1, 0.15) is 17.4 Å². The van der Waals surface area contributed by atoms with Gasteiger partial charge in [-0.3, -0.25) is 0 Å². The molecule has 0 fully saturated rings. The maximum atomic E-state index is 4.85. The molecule has 0 spiro atoms. The second-order valence-electron chi connectivity index (χ2n) is 6.87. The number of benzene rings is 2. The predicted molar refractivity (Wildman–Crippen MR) is 114 cm³/mol. The molecule has 0 saturated carbocycles. The van der Waals surface area contributed by atoms with Gasteiger partial charge >= 0.3 is 0 Å². The third-order valence-electron chi connectivity index (χ3n) is 4.97. The number of anilines is 1. The Balaban J connectivity index is 1.49. The van der Waals surface area contributed by atoms with Crippen molar-refractivity contribution in [2.24, 2.45) is 0 Å². The van der Waals surface area contributed by atoms with Gasteiger partial charge in [0.1, 0.15) is 5.82 Å². The van der Waals surface area contributed by atoms with Crippen molar-refractivity contribution >= 4 is 16.9 Å². The van der Waals surface area contributed by atoms with Crippen LogP contribution in [0.15, 0.2) is 85.5 Å². The fraction of sp³-hybridized carbons (Fsp3) is 0.0870. The fourth-order valence-corrected chi connectivity index (χ4v) is 3.54. The highest BCUT2D eigenvalue weighted by molar-refractivity contribution is 5.83. The van der Waals surface area contributed by atoms with E-state index in [0.717, 1.165) is 29.0 Å². The number of hydrogen-bond donors (Lipinski definition) is 3. The molecule has 29 heavy (non-hydrogen) atoms. The molecule has 0 amide bonds. The van der Waals surface area contributed by atoms with E-state index in [0.29, 0.717) is 5.95 Å². The average Bonchev–Trinajstić information content (AvgIpc) is 3.43. The van der Waals surface area contributed by atoms with Gasteiger partial charge in [0.2, 0.25) is 5.95 Å². The zero-order valence-electron chi connectivity index (χ0n) is 15.7. The number of nitrogens with zero attached hydrogens (tertiary/aromatic N) is 3. The molecule has 3 aromatic heterocycles. The van der Waals surface area contributed by atoms with Crippen LogP contribution in [0.2, 0.25) is 0 Å². The van der Waals surface area contributed by atoms with Gasteiger partial charge in [-0.25, -0.2) is 15.0 Å². The molecule has 0 aliphatic heterocycles. The van der Waals surface area contributed by atoms with Crippen LogP contribution < -0.4 is 5.32 Å². The first-order valence-electron chi connectivity index (χ1n) is 9.56. The Morgan fingerprint density at radius 3 is 2.48 bits per heavy atom. The Bertz CT molecular complexity index is 1210. The average molecular weight is 380 g/mol. The van der Waals surface area contributed by atoms with Gasteiger partial charge in [-0.15, -0.1) is 0 Å². The lowest BCUT2D eigenvalue weighted by Crippen LogP contribution is -2.16. The fourth-order valence-electron chi connectivity index (χ4n) is 3.54. The lowest BCUT2D eigenvalue weighted by molar-refractivity contribution is 0.719. The Morgan fingerprint density at radius 1 is 0.828 bits per heavy atom. The predicted octanol–water partition coefficient (Wildman–Crippen LogP) is 4.74. The summed E-state index contributed by atoms with van der Waals surface area (Å²) in [5.74, 6) is 1.43. The van der Waals surface area contributed by atoms with Gasteiger partial charge in [0, 0.05) is 47.7 Å². The van der Waals surface area contributed by atoms with Crippen LogP contribution in [-0.2, 0) is 6.42 Å². The van der Waals surface area contributed by atoms with Crippen LogP contribution in [0.25, 0.3) is 22.2 Å². The number of H-pyrrole nitrogens is 2. The molecule has 0 radical (unpaired) electrons. The topological polar surface area (TPSA) is 82.3 Å². The second-order valence-corrected chi connectivity index (χ2v) is 6.87. The summed E-state index contributed by atoms with van der Waals surface area (Å²) in [5, 5.41) is 4.64. The lowest BCUT2D eigenvalue weighted by atomic mass is 10.0. The van der Waals surface area contributed by atoms with Crippen molar-refractivity contribution in [1.82, 2.24) is 24.9 Å². The molecule has 0 aliphatic rings. The van der Waals surface area contributed by atoms with Crippen LogP contribution in [-0.4, -0.2) is 24.9 Å². The zero-order valence-corrected chi connectivity index (χ0v) is 15.7. The van der Waals surface area contributed by atoms with E-state index in [1.807, 2.05) is 30.5 Å². The lowest BCUT2D eigenvalue weighted by Gasteiger charge is -2.16. The summed E-state index contributed by atoms with van der Waals surface area (Å²) in [6.45, 7) is 0. The highest BCUT2D eigenvalue weighted by Gasteiger charge is 2.19. The minimum atomic E-state index is -0.103. The van der Waals surface area contributed by atoms with Gasteiger partial charge < -0.3 is 15.3 Å². The van der Waals surface area contributed by atoms with Crippen molar-refractivity contribution in [2.75, 3.05) is 5.32 Å². The van der Waals surface area contributed by atoms with Crippen LogP contribution in [0.4, 0.5) is 5.95 Å². The normalized spacial score (nSPS) is 12.1. The van der Waals surface area contributed by atoms with E-state index in [2.05, 4.69) is 61.8 Å². The molecule has 0 bridgehead atoms. The summed E-state index contributed by atoms with van der Waals surface area (Å²) < 4.78 is 0. The summed E-state index contributed by atoms with van der Waals surface area (Å²) in [7, 11) is 0. The van der Waals surface area contributed by atoms with E-state index in [4.69, 9.17) is 4.98 Å². The maximum absolute atomic E-state index is 4.85. The molecule has 1 unspecified atom stereocenters. The minimum Gasteiger partial charge on any atom is -0.361 e. The molecule has 6 heteroatoms. The van der Waals surface area contributed by atoms with Crippen LogP contribution in [0.3, 0.4) is 0 Å². The van der Waals surface area contributed by atoms with E-state index < -0.39 is 0 Å². The molecule has 1 atom stereocenters. The monoisotopic (exact) mass is 380 g/mol. The number of aromatic amines is 2. The minimum absolute atomic E-state index is 0.103. The van der Waals surface area contributed by atoms with E-state index in [1.54, 1.807) is 18.5 Å². The number of rotatable bonds is 6. The number of para-hydroxylation sites is 1. The molecule has 5 rings (SSSR count). The Hall–Kier alpha value is -3.93. The number of nitrogens with one attached hydrogen (secondary N) is 3. The van der Waals surface area contributed by atoms with Crippen molar-refractivity contribution in [3.63, 3.8) is 0 Å². The van der Waals surface area contributed by atoms with Crippen molar-refractivity contribution in [2.45, 2.75) is 12.5 Å². The molecule has 6 nitrogen and oxygen atoms in total. The number of aromatic nitrogens is 5. The van der Waals surface area contributed by atoms with Crippen LogP contribution >= 0.6 is 0 Å². The van der Waals surface area contributed by atoms with Gasteiger partial charge in [-0.05, 0) is 17.7 Å². The highest BCUT2D eigenvalue weighted by atomic mass is 15.1. The van der Waals surface area contributed by atoms with Crippen LogP contribution in [0, 0.1) is 0 Å². The summed E-state index contributed by atoms with van der Waals surface area (Å²) in [6.07, 6.45) is 8.21. The molecule has 5 aromatic rings. The summed E-state index contributed by atoms with van der Waals surface area (Å²) in [5.41, 5.74) is 4.34. The summed E-state index contributed by atoms with van der Waals surface area (Å²) in [4.78, 5) is 20.2. The first-order valence-corrected chi connectivity index (χ1v) is 9.56. The van der Waals surface area contributed by atoms with Gasteiger partial charge in [0.15, 0.2) is 0 Å². The smallest absolute Gasteiger partial charge is 0.223 e. The quantitative estimate of drug-likeness (QED) is 0.397. The highest BCUT2D eigenvalue weighted by Crippen LogP contribution is 2.27. The van der Waals surface area contributed by atoms with E-state index >= 15 is 0 Å². The van der Waals surface area contributed by atoms with E-state index in [1.165, 1.54) is 10.9 Å². The largest absolute Gasteiger partial charge is 0.361 e. The molecule has 3 N–H and O–H groups in total. The van der Waals surface area contributed by atoms with Crippen molar-refractivity contribution in [3.8, 4) is 11.3 Å². The third-order valence-corrected chi connectivity index (χ3v) is 4.97. The second kappa shape index (κ2) is 7.59. The number of fused-ring (bicyclic) bond motifs is 1. The number of imidazole rings is 1. The van der Waals surface area contributed by atoms with Crippen LogP contribution in [0.5, 0.6) is 0 Å². The zero-order chi connectivity index (χ0) is 19.5. The standard InChI is InChI=1S/C23H20N6/c1-2-7-16(8-3-1)21-15-27-22(28-21)20(29-23-24-11-6-12-25-23)13-17-14-26-19-10-5-4-9-18(17)19/h1-12,14-15,20,26H,13H2,(H,27,28)(H,24,25,29). The van der Waals surface area contributed by atoms with E-state index in [-0.39, 0.29) is 6.04 Å². The molecule has 3 heterocycles. The van der Waals surface area contributed by atoms with Crippen molar-refractivity contribution in [1.29, 1.82) is 0 Å². The summed E-state index contributed by atoms with van der Waals surface area (Å²) >= 11 is 0. The van der Waals surface area contributed by atoms with Gasteiger partial charge in [-0.1, -0.05) is 48.5 Å². The van der Waals surface area contributed by atoms with Gasteiger partial charge in [0.25, 0.3) is 0 Å². The molecule has 0 aliphatic carbocycles. The van der Waals surface area contributed by atoms with Crippen molar-refractivity contribution in [3.05, 3.63) is 96.8 Å².